The van der Waals surface area contributed by atoms with Crippen LogP contribution in [0.25, 0.3) is 0 Å². The molecule has 6 heteroatoms. The average molecular weight is 268 g/mol. The molecule has 0 aliphatic heterocycles. The molecule has 6 N–H and O–H groups in total. The van der Waals surface area contributed by atoms with E-state index in [1.165, 1.54) is 13.8 Å². The van der Waals surface area contributed by atoms with Gasteiger partial charge in [0, 0.05) is 0 Å². The normalized spacial score (nSPS) is 16.8. The molecular weight excluding hydrogens is 240 g/mol. The fourth-order valence-corrected chi connectivity index (χ4v) is 0.358. The van der Waals surface area contributed by atoms with Crippen LogP contribution in [0, 0.1) is 0 Å². The second kappa shape index (κ2) is 16.5. The summed E-state index contributed by atoms with van der Waals surface area (Å²) in [6.45, 7) is 6.12. The summed E-state index contributed by atoms with van der Waals surface area (Å²) in [6.07, 6.45) is 0.762. The molecule has 0 radical (unpaired) electrons. The van der Waals surface area contributed by atoms with Crippen LogP contribution in [0.2, 0.25) is 0 Å². The Balaban J connectivity index is -0.000000197. The molecule has 112 valence electrons. The number of aliphatic hydroxyl groups is 6. The number of hydrogen-bond donors (Lipinski definition) is 6. The second-order valence-electron chi connectivity index (χ2n) is 3.82. The summed E-state index contributed by atoms with van der Waals surface area (Å²) < 4.78 is 0. The lowest BCUT2D eigenvalue weighted by atomic mass is 10.2. The lowest BCUT2D eigenvalue weighted by molar-refractivity contribution is 0.0618. The molecule has 0 aromatic rings. The molecule has 0 fully saturated rings. The largest absolute Gasteiger partial charge is 0.394 e. The Hall–Kier alpha value is -0.500. The van der Waals surface area contributed by atoms with Gasteiger partial charge in [-0.3, -0.25) is 0 Å². The summed E-state index contributed by atoms with van der Waals surface area (Å²) in [7, 11) is 0. The highest BCUT2D eigenvalue weighted by Crippen LogP contribution is 1.91. The number of aliphatic hydroxyl groups excluding tert-OH is 6. The fraction of sp³-hybridized carbons (Fsp3) is 0.833. The van der Waals surface area contributed by atoms with Crippen LogP contribution in [0.4, 0.5) is 0 Å². The van der Waals surface area contributed by atoms with E-state index in [1.54, 1.807) is 26.0 Å². The van der Waals surface area contributed by atoms with Gasteiger partial charge in [0.2, 0.25) is 0 Å². The fourth-order valence-electron chi connectivity index (χ4n) is 0.358. The maximum absolute atomic E-state index is 8.79. The quantitative estimate of drug-likeness (QED) is 0.365. The van der Waals surface area contributed by atoms with Crippen molar-refractivity contribution in [2.45, 2.75) is 52.1 Å². The maximum atomic E-state index is 8.79. The van der Waals surface area contributed by atoms with Crippen molar-refractivity contribution in [3.05, 3.63) is 12.2 Å². The minimum Gasteiger partial charge on any atom is -0.394 e. The van der Waals surface area contributed by atoms with Gasteiger partial charge in [0.25, 0.3) is 0 Å². The van der Waals surface area contributed by atoms with Crippen LogP contribution in [0.1, 0.15) is 27.7 Å². The predicted octanol–water partition coefficient (Wildman–Crippen LogP) is -0.977. The standard InChI is InChI=1S/C6H12O2.2C3H8O2/c1-3-4-6(8)5(2)7;2*1-3(5)2-4/h3-8H,1-2H3;2*3-5H,2H2,1H3. The van der Waals surface area contributed by atoms with Crippen molar-refractivity contribution in [1.82, 2.24) is 0 Å². The van der Waals surface area contributed by atoms with Crippen LogP contribution in [-0.2, 0) is 0 Å². The van der Waals surface area contributed by atoms with Gasteiger partial charge in [-0.1, -0.05) is 12.2 Å². The molecule has 4 unspecified atom stereocenters. The van der Waals surface area contributed by atoms with Gasteiger partial charge < -0.3 is 30.6 Å². The highest BCUT2D eigenvalue weighted by Gasteiger charge is 2.03. The smallest absolute Gasteiger partial charge is 0.0977 e. The van der Waals surface area contributed by atoms with Crippen molar-refractivity contribution in [2.75, 3.05) is 13.2 Å². The Bertz CT molecular complexity index is 160. The summed E-state index contributed by atoms with van der Waals surface area (Å²) in [5.74, 6) is 0. The van der Waals surface area contributed by atoms with Crippen molar-refractivity contribution >= 4 is 0 Å². The van der Waals surface area contributed by atoms with E-state index >= 15 is 0 Å². The SMILES string of the molecule is CC(O)CO.CC(O)CO.CC=CC(O)C(C)O. The van der Waals surface area contributed by atoms with E-state index in [1.807, 2.05) is 0 Å². The molecule has 0 saturated heterocycles. The molecule has 0 amide bonds. The first-order chi connectivity index (χ1) is 8.22. The molecule has 6 nitrogen and oxygen atoms in total. The van der Waals surface area contributed by atoms with E-state index in [-0.39, 0.29) is 13.2 Å². The van der Waals surface area contributed by atoms with Crippen molar-refractivity contribution in [3.63, 3.8) is 0 Å². The van der Waals surface area contributed by atoms with E-state index < -0.39 is 24.4 Å². The zero-order valence-electron chi connectivity index (χ0n) is 11.6. The van der Waals surface area contributed by atoms with E-state index in [2.05, 4.69) is 0 Å². The molecule has 0 aliphatic carbocycles. The number of hydrogen-bond acceptors (Lipinski definition) is 6. The van der Waals surface area contributed by atoms with Gasteiger partial charge in [-0.2, -0.15) is 0 Å². The van der Waals surface area contributed by atoms with E-state index in [4.69, 9.17) is 30.6 Å². The molecular formula is C12H28O6. The first-order valence-corrected chi connectivity index (χ1v) is 5.79. The van der Waals surface area contributed by atoms with Crippen LogP contribution >= 0.6 is 0 Å². The van der Waals surface area contributed by atoms with E-state index in [0.29, 0.717) is 0 Å². The monoisotopic (exact) mass is 268 g/mol. The Morgan fingerprint density at radius 1 is 0.833 bits per heavy atom. The van der Waals surface area contributed by atoms with Crippen molar-refractivity contribution < 1.29 is 30.6 Å². The highest BCUT2D eigenvalue weighted by atomic mass is 16.3. The Kier molecular flexibility index (Phi) is 20.8. The maximum Gasteiger partial charge on any atom is 0.0977 e. The zero-order chi connectivity index (χ0) is 15.1. The number of rotatable bonds is 4. The topological polar surface area (TPSA) is 121 Å². The van der Waals surface area contributed by atoms with Crippen LogP contribution < -0.4 is 0 Å². The van der Waals surface area contributed by atoms with Crippen molar-refractivity contribution in [1.29, 1.82) is 0 Å². The first kappa shape index (κ1) is 22.7. The summed E-state index contributed by atoms with van der Waals surface area (Å²) in [5.41, 5.74) is 0. The molecule has 0 aromatic carbocycles. The third-order valence-corrected chi connectivity index (χ3v) is 1.41. The van der Waals surface area contributed by atoms with Crippen LogP contribution in [0.15, 0.2) is 12.2 Å². The molecule has 0 aliphatic rings. The summed E-state index contributed by atoms with van der Waals surface area (Å²) in [6, 6.07) is 0. The van der Waals surface area contributed by atoms with Crippen molar-refractivity contribution in [2.24, 2.45) is 0 Å². The molecule has 0 aromatic heterocycles. The minimum absolute atomic E-state index is 0.139. The molecule has 4 atom stereocenters. The minimum atomic E-state index is -0.708. The van der Waals surface area contributed by atoms with E-state index in [0.717, 1.165) is 0 Å². The highest BCUT2D eigenvalue weighted by molar-refractivity contribution is 4.87. The Morgan fingerprint density at radius 3 is 1.17 bits per heavy atom. The molecule has 0 bridgehead atoms. The average Bonchev–Trinajstić information content (AvgIpc) is 2.30. The Morgan fingerprint density at radius 2 is 1.11 bits per heavy atom. The first-order valence-electron chi connectivity index (χ1n) is 5.79. The van der Waals surface area contributed by atoms with Crippen molar-refractivity contribution in [3.8, 4) is 0 Å². The van der Waals surface area contributed by atoms with Crippen LogP contribution in [0.5, 0.6) is 0 Å². The molecule has 0 heterocycles. The van der Waals surface area contributed by atoms with Gasteiger partial charge in [-0.15, -0.1) is 0 Å². The summed E-state index contributed by atoms with van der Waals surface area (Å²) in [5, 5.41) is 49.4. The van der Waals surface area contributed by atoms with Gasteiger partial charge in [0.05, 0.1) is 37.6 Å². The van der Waals surface area contributed by atoms with Gasteiger partial charge in [0.1, 0.15) is 0 Å². The third kappa shape index (κ3) is 29.6. The Labute approximate surface area is 109 Å². The molecule has 0 spiro atoms. The lowest BCUT2D eigenvalue weighted by Gasteiger charge is -2.06. The third-order valence-electron chi connectivity index (χ3n) is 1.41. The molecule has 0 saturated carbocycles. The number of allylic oxidation sites excluding steroid dienone is 1. The van der Waals surface area contributed by atoms with Gasteiger partial charge >= 0.3 is 0 Å². The molecule has 18 heavy (non-hydrogen) atoms. The van der Waals surface area contributed by atoms with Gasteiger partial charge in [0.15, 0.2) is 0 Å². The lowest BCUT2D eigenvalue weighted by Crippen LogP contribution is -2.19. The van der Waals surface area contributed by atoms with Gasteiger partial charge in [-0.25, -0.2) is 0 Å². The van der Waals surface area contributed by atoms with Crippen LogP contribution in [-0.4, -0.2) is 68.3 Å². The van der Waals surface area contributed by atoms with Gasteiger partial charge in [-0.05, 0) is 27.7 Å². The second-order valence-corrected chi connectivity index (χ2v) is 3.82. The summed E-state index contributed by atoms with van der Waals surface area (Å²) >= 11 is 0. The predicted molar refractivity (Wildman–Crippen MR) is 70.0 cm³/mol. The van der Waals surface area contributed by atoms with E-state index in [9.17, 15) is 0 Å². The summed E-state index contributed by atoms with van der Waals surface area (Å²) in [4.78, 5) is 0. The molecule has 0 rings (SSSR count). The zero-order valence-corrected chi connectivity index (χ0v) is 11.6. The van der Waals surface area contributed by atoms with Crippen LogP contribution in [0.3, 0.4) is 0 Å².